The molecule has 0 radical (unpaired) electrons. The van der Waals surface area contributed by atoms with E-state index >= 15 is 0 Å². The van der Waals surface area contributed by atoms with Gasteiger partial charge in [-0.15, -0.1) is 21.5 Å². The third-order valence-corrected chi connectivity index (χ3v) is 3.91. The Morgan fingerprint density at radius 1 is 1.35 bits per heavy atom. The van der Waals surface area contributed by atoms with Crippen LogP contribution in [0.2, 0.25) is 0 Å². The molecule has 0 saturated heterocycles. The molecule has 0 bridgehead atoms. The Balaban J connectivity index is 1.76. The fourth-order valence-corrected chi connectivity index (χ4v) is 2.69. The second-order valence-corrected chi connectivity index (χ2v) is 5.53. The molecule has 0 amide bonds. The highest BCUT2D eigenvalue weighted by Crippen LogP contribution is 2.21. The van der Waals surface area contributed by atoms with E-state index in [1.807, 2.05) is 36.7 Å². The molecule has 6 heteroatoms. The van der Waals surface area contributed by atoms with Gasteiger partial charge in [-0.2, -0.15) is 0 Å². The molecule has 5 nitrogen and oxygen atoms in total. The van der Waals surface area contributed by atoms with E-state index in [-0.39, 0.29) is 0 Å². The van der Waals surface area contributed by atoms with Crippen LogP contribution in [0, 0.1) is 6.92 Å². The molecule has 1 N–H and O–H groups in total. The molecular formula is C14H15N5S. The van der Waals surface area contributed by atoms with Crippen molar-refractivity contribution in [1.82, 2.24) is 19.7 Å². The van der Waals surface area contributed by atoms with E-state index in [1.165, 1.54) is 0 Å². The van der Waals surface area contributed by atoms with Crippen molar-refractivity contribution in [3.8, 4) is 11.4 Å². The largest absolute Gasteiger partial charge is 0.379 e. The molecule has 0 fully saturated rings. The number of benzene rings is 1. The predicted molar refractivity (Wildman–Crippen MR) is 80.6 cm³/mol. The molecule has 0 atom stereocenters. The zero-order chi connectivity index (χ0) is 13.9. The number of hydrogen-bond donors (Lipinski definition) is 1. The molecule has 3 aromatic rings. The maximum Gasteiger partial charge on any atom is 0.163 e. The van der Waals surface area contributed by atoms with Crippen LogP contribution in [0.4, 0.5) is 5.69 Å². The molecule has 0 unspecified atom stereocenters. The van der Waals surface area contributed by atoms with Gasteiger partial charge >= 0.3 is 0 Å². The summed E-state index contributed by atoms with van der Waals surface area (Å²) in [5.41, 5.74) is 3.17. The van der Waals surface area contributed by atoms with Crippen molar-refractivity contribution in [2.45, 2.75) is 13.5 Å². The van der Waals surface area contributed by atoms with Crippen molar-refractivity contribution in [3.63, 3.8) is 0 Å². The van der Waals surface area contributed by atoms with Gasteiger partial charge < -0.3 is 9.88 Å². The van der Waals surface area contributed by atoms with Crippen LogP contribution in [0.25, 0.3) is 11.4 Å². The van der Waals surface area contributed by atoms with Crippen LogP contribution in [0.15, 0.2) is 36.0 Å². The Morgan fingerprint density at radius 3 is 2.95 bits per heavy atom. The Labute approximate surface area is 121 Å². The van der Waals surface area contributed by atoms with E-state index < -0.39 is 0 Å². The number of rotatable bonds is 4. The van der Waals surface area contributed by atoms with E-state index in [0.717, 1.165) is 34.3 Å². The number of thiazole rings is 1. The normalized spacial score (nSPS) is 10.7. The fraction of sp³-hybridized carbons (Fsp3) is 0.214. The maximum absolute atomic E-state index is 4.44. The van der Waals surface area contributed by atoms with E-state index in [2.05, 4.69) is 31.9 Å². The van der Waals surface area contributed by atoms with Crippen molar-refractivity contribution >= 4 is 17.0 Å². The summed E-state index contributed by atoms with van der Waals surface area (Å²) in [6.07, 6.45) is 1.70. The summed E-state index contributed by atoms with van der Waals surface area (Å²) < 4.78 is 1.91. The third-order valence-electron chi connectivity index (χ3n) is 2.94. The Kier molecular flexibility index (Phi) is 3.47. The molecule has 0 aliphatic rings. The van der Waals surface area contributed by atoms with Crippen LogP contribution in [-0.2, 0) is 13.6 Å². The van der Waals surface area contributed by atoms with Gasteiger partial charge in [0.25, 0.3) is 0 Å². The number of nitrogens with one attached hydrogen (secondary N) is 1. The summed E-state index contributed by atoms with van der Waals surface area (Å²) in [5.74, 6) is 0.860. The minimum atomic E-state index is 0.737. The lowest BCUT2D eigenvalue weighted by Gasteiger charge is -2.06. The van der Waals surface area contributed by atoms with Crippen LogP contribution in [0.1, 0.15) is 10.7 Å². The van der Waals surface area contributed by atoms with Crippen LogP contribution in [0.3, 0.4) is 0 Å². The van der Waals surface area contributed by atoms with Crippen LogP contribution < -0.4 is 5.32 Å². The van der Waals surface area contributed by atoms with Crippen molar-refractivity contribution < 1.29 is 0 Å². The first-order chi connectivity index (χ1) is 9.72. The van der Waals surface area contributed by atoms with Crippen molar-refractivity contribution in [3.05, 3.63) is 46.7 Å². The SMILES string of the molecule is Cc1csc(CNc2cccc(-c3nncn3C)c2)n1. The van der Waals surface area contributed by atoms with Gasteiger partial charge in [-0.3, -0.25) is 0 Å². The van der Waals surface area contributed by atoms with Crippen LogP contribution in [0.5, 0.6) is 0 Å². The summed E-state index contributed by atoms with van der Waals surface area (Å²) in [6.45, 7) is 2.75. The van der Waals surface area contributed by atoms with Gasteiger partial charge in [0.05, 0.1) is 6.54 Å². The van der Waals surface area contributed by atoms with Crippen molar-refractivity contribution in [2.24, 2.45) is 7.05 Å². The van der Waals surface area contributed by atoms with E-state index in [1.54, 1.807) is 17.7 Å². The molecule has 2 aromatic heterocycles. The molecule has 0 spiro atoms. The minimum absolute atomic E-state index is 0.737. The smallest absolute Gasteiger partial charge is 0.163 e. The van der Waals surface area contributed by atoms with E-state index in [0.29, 0.717) is 0 Å². The molecule has 0 saturated carbocycles. The Bertz CT molecular complexity index is 716. The standard InChI is InChI=1S/C14H15N5S/c1-10-8-20-13(17-10)7-15-12-5-3-4-11(6-12)14-18-16-9-19(14)2/h3-6,8-9,15H,7H2,1-2H3. The molecule has 2 heterocycles. The summed E-state index contributed by atoms with van der Waals surface area (Å²) >= 11 is 1.67. The number of nitrogens with zero attached hydrogens (tertiary/aromatic N) is 4. The molecule has 0 aliphatic carbocycles. The zero-order valence-corrected chi connectivity index (χ0v) is 12.2. The average Bonchev–Trinajstić information content (AvgIpc) is 3.05. The highest BCUT2D eigenvalue weighted by Gasteiger charge is 2.05. The van der Waals surface area contributed by atoms with Crippen LogP contribution >= 0.6 is 11.3 Å². The van der Waals surface area contributed by atoms with Gasteiger partial charge in [0, 0.05) is 29.4 Å². The predicted octanol–water partition coefficient (Wildman–Crippen LogP) is 2.86. The monoisotopic (exact) mass is 285 g/mol. The van der Waals surface area contributed by atoms with Gasteiger partial charge in [-0.1, -0.05) is 12.1 Å². The fourth-order valence-electron chi connectivity index (χ4n) is 1.97. The summed E-state index contributed by atoms with van der Waals surface area (Å²) in [6, 6.07) is 8.16. The minimum Gasteiger partial charge on any atom is -0.379 e. The highest BCUT2D eigenvalue weighted by molar-refractivity contribution is 7.09. The second-order valence-electron chi connectivity index (χ2n) is 4.58. The lowest BCUT2D eigenvalue weighted by molar-refractivity contribution is 0.920. The quantitative estimate of drug-likeness (QED) is 0.801. The van der Waals surface area contributed by atoms with Crippen molar-refractivity contribution in [2.75, 3.05) is 5.32 Å². The van der Waals surface area contributed by atoms with E-state index in [9.17, 15) is 0 Å². The molecule has 20 heavy (non-hydrogen) atoms. The first-order valence-corrected chi connectivity index (χ1v) is 7.19. The number of hydrogen-bond acceptors (Lipinski definition) is 5. The first kappa shape index (κ1) is 12.8. The molecule has 102 valence electrons. The number of aromatic nitrogens is 4. The van der Waals surface area contributed by atoms with Crippen LogP contribution in [-0.4, -0.2) is 19.7 Å². The molecule has 1 aromatic carbocycles. The molecular weight excluding hydrogens is 270 g/mol. The zero-order valence-electron chi connectivity index (χ0n) is 11.4. The van der Waals surface area contributed by atoms with Gasteiger partial charge in [0.15, 0.2) is 5.82 Å². The summed E-state index contributed by atoms with van der Waals surface area (Å²) in [4.78, 5) is 4.44. The Hall–Kier alpha value is -2.21. The summed E-state index contributed by atoms with van der Waals surface area (Å²) in [5, 5.41) is 14.6. The number of aryl methyl sites for hydroxylation is 2. The Morgan fingerprint density at radius 2 is 2.25 bits per heavy atom. The maximum atomic E-state index is 4.44. The topological polar surface area (TPSA) is 55.6 Å². The third kappa shape index (κ3) is 2.70. The average molecular weight is 285 g/mol. The summed E-state index contributed by atoms with van der Waals surface area (Å²) in [7, 11) is 1.94. The van der Waals surface area contributed by atoms with Gasteiger partial charge in [-0.05, 0) is 19.1 Å². The van der Waals surface area contributed by atoms with Gasteiger partial charge in [0.1, 0.15) is 11.3 Å². The van der Waals surface area contributed by atoms with E-state index in [4.69, 9.17) is 0 Å². The number of anilines is 1. The second kappa shape index (κ2) is 5.42. The highest BCUT2D eigenvalue weighted by atomic mass is 32.1. The van der Waals surface area contributed by atoms with Crippen molar-refractivity contribution in [1.29, 1.82) is 0 Å². The molecule has 3 rings (SSSR count). The lowest BCUT2D eigenvalue weighted by Crippen LogP contribution is -1.99. The molecule has 0 aliphatic heterocycles. The first-order valence-electron chi connectivity index (χ1n) is 6.32. The lowest BCUT2D eigenvalue weighted by atomic mass is 10.2. The van der Waals surface area contributed by atoms with Gasteiger partial charge in [-0.25, -0.2) is 4.98 Å². The van der Waals surface area contributed by atoms with Gasteiger partial charge in [0.2, 0.25) is 0 Å².